The van der Waals surface area contributed by atoms with E-state index in [1.54, 1.807) is 0 Å². The van der Waals surface area contributed by atoms with Gasteiger partial charge < -0.3 is 31.5 Å². The Morgan fingerprint density at radius 1 is 0.611 bits per heavy atom. The minimum atomic E-state index is -0.519. The van der Waals surface area contributed by atoms with Crippen molar-refractivity contribution in [1.82, 2.24) is 0 Å². The minimum absolute atomic E-state index is 0.116. The van der Waals surface area contributed by atoms with Crippen molar-refractivity contribution in [3.63, 3.8) is 0 Å². The zero-order valence-electron chi connectivity index (χ0n) is 10.3. The molecule has 18 heavy (non-hydrogen) atoms. The van der Waals surface area contributed by atoms with Crippen LogP contribution >= 0.6 is 0 Å². The number of nitrogens with one attached hydrogen (secondary N) is 3. The van der Waals surface area contributed by atoms with Crippen molar-refractivity contribution in [2.75, 3.05) is 0 Å². The first-order valence-electron chi connectivity index (χ1n) is 5.17. The number of phenolic OH excluding ortho intramolecular Hbond substituents is 3. The lowest BCUT2D eigenvalue weighted by Gasteiger charge is -2.16. The van der Waals surface area contributed by atoms with Crippen molar-refractivity contribution < 1.29 is 15.3 Å². The van der Waals surface area contributed by atoms with Crippen LogP contribution in [-0.2, 0) is 0 Å². The van der Waals surface area contributed by atoms with Gasteiger partial charge in [-0.15, -0.1) is 0 Å². The predicted octanol–water partition coefficient (Wildman–Crippen LogP) is 1.97. The van der Waals surface area contributed by atoms with E-state index >= 15 is 0 Å². The summed E-state index contributed by atoms with van der Waals surface area (Å²) in [5, 5.41) is 52.3. The van der Waals surface area contributed by atoms with Gasteiger partial charge in [-0.3, -0.25) is 0 Å². The maximum atomic E-state index is 9.93. The summed E-state index contributed by atoms with van der Waals surface area (Å²) < 4.78 is 0. The van der Waals surface area contributed by atoms with E-state index in [0.717, 1.165) is 0 Å². The highest BCUT2D eigenvalue weighted by molar-refractivity contribution is 6.14. The fourth-order valence-electron chi connectivity index (χ4n) is 1.78. The Bertz CT molecular complexity index is 474. The Kier molecular flexibility index (Phi) is 3.41. The first-order chi connectivity index (χ1) is 8.20. The second-order valence-electron chi connectivity index (χ2n) is 4.05. The van der Waals surface area contributed by atoms with Crippen LogP contribution in [0.15, 0.2) is 0 Å². The van der Waals surface area contributed by atoms with Gasteiger partial charge >= 0.3 is 0 Å². The Morgan fingerprint density at radius 3 is 0.889 bits per heavy atom. The van der Waals surface area contributed by atoms with Gasteiger partial charge in [-0.25, -0.2) is 0 Å². The van der Waals surface area contributed by atoms with E-state index in [0.29, 0.717) is 0 Å². The fraction of sp³-hybridized carbons (Fsp3) is 0.250. The van der Waals surface area contributed by atoms with Crippen LogP contribution in [0.3, 0.4) is 0 Å². The molecule has 1 rings (SSSR count). The SMILES string of the molecule is CC(=N)c1c(O)c(C(C)=N)c(O)c(C(C)=N)c1O. The summed E-state index contributed by atoms with van der Waals surface area (Å²) in [6, 6.07) is 0. The third-order valence-corrected chi connectivity index (χ3v) is 2.55. The van der Waals surface area contributed by atoms with Crippen LogP contribution in [-0.4, -0.2) is 32.5 Å². The van der Waals surface area contributed by atoms with Gasteiger partial charge in [-0.05, 0) is 20.8 Å². The van der Waals surface area contributed by atoms with Gasteiger partial charge in [-0.2, -0.15) is 0 Å². The number of rotatable bonds is 3. The van der Waals surface area contributed by atoms with Crippen molar-refractivity contribution >= 4 is 17.1 Å². The van der Waals surface area contributed by atoms with E-state index in [1.807, 2.05) is 0 Å². The molecule has 0 heterocycles. The van der Waals surface area contributed by atoms with Crippen LogP contribution in [0.5, 0.6) is 17.2 Å². The summed E-state index contributed by atoms with van der Waals surface area (Å²) in [5.41, 5.74) is -0.858. The summed E-state index contributed by atoms with van der Waals surface area (Å²) in [6.45, 7) is 4.08. The fourth-order valence-corrected chi connectivity index (χ4v) is 1.78. The van der Waals surface area contributed by atoms with Crippen molar-refractivity contribution in [3.8, 4) is 17.2 Å². The molecule has 6 N–H and O–H groups in total. The molecule has 0 aliphatic heterocycles. The first kappa shape index (κ1) is 13.7. The molecule has 0 aliphatic rings. The molecule has 1 aromatic rings. The quantitative estimate of drug-likeness (QED) is 0.457. The normalized spacial score (nSPS) is 10.2. The molecule has 0 spiro atoms. The van der Waals surface area contributed by atoms with Crippen molar-refractivity contribution in [1.29, 1.82) is 16.2 Å². The predicted molar refractivity (Wildman–Crippen MR) is 68.9 cm³/mol. The van der Waals surface area contributed by atoms with Gasteiger partial charge in [0.05, 0.1) is 16.7 Å². The summed E-state index contributed by atoms with van der Waals surface area (Å²) >= 11 is 0. The lowest BCUT2D eigenvalue weighted by Crippen LogP contribution is -2.07. The molecule has 6 heteroatoms. The highest BCUT2D eigenvalue weighted by Gasteiger charge is 2.26. The molecule has 0 saturated carbocycles. The molecule has 0 radical (unpaired) electrons. The second-order valence-corrected chi connectivity index (χ2v) is 4.05. The monoisotopic (exact) mass is 249 g/mol. The minimum Gasteiger partial charge on any atom is -0.506 e. The van der Waals surface area contributed by atoms with E-state index in [2.05, 4.69) is 0 Å². The van der Waals surface area contributed by atoms with Crippen LogP contribution in [0, 0.1) is 16.2 Å². The van der Waals surface area contributed by atoms with Gasteiger partial charge in [0.15, 0.2) is 0 Å². The summed E-state index contributed by atoms with van der Waals surface area (Å²) in [5.74, 6) is -1.56. The molecular weight excluding hydrogens is 234 g/mol. The molecule has 0 aliphatic carbocycles. The van der Waals surface area contributed by atoms with Crippen LogP contribution in [0.4, 0.5) is 0 Å². The van der Waals surface area contributed by atoms with Gasteiger partial charge in [0.25, 0.3) is 0 Å². The van der Waals surface area contributed by atoms with Crippen LogP contribution in [0.25, 0.3) is 0 Å². The molecule has 6 nitrogen and oxygen atoms in total. The Hall–Kier alpha value is -2.37. The highest BCUT2D eigenvalue weighted by atomic mass is 16.3. The molecule has 0 saturated heterocycles. The molecule has 0 fully saturated rings. The lowest BCUT2D eigenvalue weighted by atomic mass is 9.94. The van der Waals surface area contributed by atoms with E-state index in [1.165, 1.54) is 20.8 Å². The molecule has 0 atom stereocenters. The molecule has 96 valence electrons. The topological polar surface area (TPSA) is 132 Å². The van der Waals surface area contributed by atoms with Gasteiger partial charge in [0.2, 0.25) is 0 Å². The number of hydrogen-bond acceptors (Lipinski definition) is 6. The van der Waals surface area contributed by atoms with E-state index in [-0.39, 0.29) is 33.8 Å². The maximum Gasteiger partial charge on any atom is 0.141 e. The maximum absolute atomic E-state index is 9.93. The third kappa shape index (κ3) is 1.92. The average Bonchev–Trinajstić information content (AvgIpc) is 2.14. The molecule has 0 aromatic heterocycles. The summed E-state index contributed by atoms with van der Waals surface area (Å²) in [4.78, 5) is 0. The highest BCUT2D eigenvalue weighted by Crippen LogP contribution is 2.42. The number of hydrogen-bond donors (Lipinski definition) is 6. The Labute approximate surface area is 104 Å². The summed E-state index contributed by atoms with van der Waals surface area (Å²) in [6.07, 6.45) is 0. The van der Waals surface area contributed by atoms with E-state index < -0.39 is 17.2 Å². The molecule has 1 aromatic carbocycles. The van der Waals surface area contributed by atoms with Crippen LogP contribution in [0.1, 0.15) is 37.5 Å². The number of aromatic hydroxyl groups is 3. The standard InChI is InChI=1S/C12H15N3O3/c1-4(13)7-10(16)8(5(2)14)12(18)9(6(3)15)11(7)17/h13-18H,1-3H3. The van der Waals surface area contributed by atoms with E-state index in [4.69, 9.17) is 16.2 Å². The van der Waals surface area contributed by atoms with Gasteiger partial charge in [0, 0.05) is 17.1 Å². The zero-order chi connectivity index (χ0) is 14.2. The second kappa shape index (κ2) is 4.48. The van der Waals surface area contributed by atoms with Gasteiger partial charge in [0.1, 0.15) is 17.2 Å². The molecule has 0 amide bonds. The average molecular weight is 249 g/mol. The van der Waals surface area contributed by atoms with Crippen molar-refractivity contribution in [3.05, 3.63) is 16.7 Å². The van der Waals surface area contributed by atoms with Crippen LogP contribution < -0.4 is 0 Å². The van der Waals surface area contributed by atoms with E-state index in [9.17, 15) is 15.3 Å². The van der Waals surface area contributed by atoms with Crippen molar-refractivity contribution in [2.45, 2.75) is 20.8 Å². The molecular formula is C12H15N3O3. The molecule has 0 unspecified atom stereocenters. The molecule has 0 bridgehead atoms. The van der Waals surface area contributed by atoms with Crippen LogP contribution in [0.2, 0.25) is 0 Å². The third-order valence-electron chi connectivity index (χ3n) is 2.55. The Morgan fingerprint density at radius 2 is 0.778 bits per heavy atom. The summed E-state index contributed by atoms with van der Waals surface area (Å²) in [7, 11) is 0. The smallest absolute Gasteiger partial charge is 0.141 e. The zero-order valence-corrected chi connectivity index (χ0v) is 10.3. The number of benzene rings is 1. The van der Waals surface area contributed by atoms with Crippen molar-refractivity contribution in [2.24, 2.45) is 0 Å². The number of phenols is 3. The Balaban J connectivity index is 3.94. The lowest BCUT2D eigenvalue weighted by molar-refractivity contribution is 0.423. The first-order valence-corrected chi connectivity index (χ1v) is 5.17. The van der Waals surface area contributed by atoms with Gasteiger partial charge in [-0.1, -0.05) is 0 Å². The largest absolute Gasteiger partial charge is 0.506 e.